The van der Waals surface area contributed by atoms with Crippen LogP contribution in [-0.2, 0) is 4.74 Å². The van der Waals surface area contributed by atoms with Gasteiger partial charge in [-0.1, -0.05) is 0 Å². The quantitative estimate of drug-likeness (QED) is 0.238. The summed E-state index contributed by atoms with van der Waals surface area (Å²) in [5.41, 5.74) is -0.570. The summed E-state index contributed by atoms with van der Waals surface area (Å²) in [5.74, 6) is -1.75. The van der Waals surface area contributed by atoms with Crippen LogP contribution in [0.15, 0.2) is 39.5 Å². The molecule has 182 valence electrons. The molecule has 0 aliphatic carbocycles. The molecule has 7 N–H and O–H groups in total. The first kappa shape index (κ1) is 23.6. The van der Waals surface area contributed by atoms with Crippen LogP contribution in [0.5, 0.6) is 28.7 Å². The highest BCUT2D eigenvalue weighted by Crippen LogP contribution is 2.40. The Morgan fingerprint density at radius 2 is 1.68 bits per heavy atom. The second-order valence-corrected chi connectivity index (χ2v) is 7.65. The third-order valence-corrected chi connectivity index (χ3v) is 5.44. The fraction of sp³-hybridized carbons (Fsp3) is 0.318. The van der Waals surface area contributed by atoms with E-state index in [1.165, 1.54) is 19.2 Å². The number of ether oxygens (including phenoxy) is 3. The summed E-state index contributed by atoms with van der Waals surface area (Å²) >= 11 is 0. The van der Waals surface area contributed by atoms with E-state index in [2.05, 4.69) is 0 Å². The molecule has 4 rings (SSSR count). The third-order valence-electron chi connectivity index (χ3n) is 5.44. The van der Waals surface area contributed by atoms with Crippen molar-refractivity contribution in [3.05, 3.63) is 40.6 Å². The lowest BCUT2D eigenvalue weighted by Crippen LogP contribution is -2.60. The van der Waals surface area contributed by atoms with Crippen molar-refractivity contribution in [2.24, 2.45) is 0 Å². The average molecular weight is 478 g/mol. The number of phenols is 3. The van der Waals surface area contributed by atoms with Crippen LogP contribution in [-0.4, -0.2) is 80.2 Å². The highest BCUT2D eigenvalue weighted by Gasteiger charge is 2.44. The van der Waals surface area contributed by atoms with Crippen molar-refractivity contribution >= 4 is 11.0 Å². The zero-order valence-corrected chi connectivity index (χ0v) is 17.7. The van der Waals surface area contributed by atoms with Gasteiger partial charge in [-0.25, -0.2) is 0 Å². The summed E-state index contributed by atoms with van der Waals surface area (Å²) in [5, 5.41) is 69.2. The van der Waals surface area contributed by atoms with E-state index >= 15 is 0 Å². The van der Waals surface area contributed by atoms with E-state index in [9.17, 15) is 40.5 Å². The molecule has 0 amide bonds. The fourth-order valence-electron chi connectivity index (χ4n) is 3.64. The Morgan fingerprint density at radius 1 is 0.941 bits per heavy atom. The van der Waals surface area contributed by atoms with Gasteiger partial charge >= 0.3 is 0 Å². The SMILES string of the molecule is COc1cc(-c2cc(=O)c3c(O)cc(O[C@@H]4O[C@@H](CO)[C@@H](O)[C@H](O)[C@H]4O)cc3o2)cc(O)c1O. The normalized spacial score (nSPS) is 24.8. The van der Waals surface area contributed by atoms with Crippen molar-refractivity contribution in [1.29, 1.82) is 0 Å². The van der Waals surface area contributed by atoms with Crippen LogP contribution in [0.3, 0.4) is 0 Å². The zero-order valence-electron chi connectivity index (χ0n) is 17.7. The third kappa shape index (κ3) is 4.08. The van der Waals surface area contributed by atoms with Crippen LogP contribution in [0.2, 0.25) is 0 Å². The van der Waals surface area contributed by atoms with Crippen LogP contribution >= 0.6 is 0 Å². The van der Waals surface area contributed by atoms with E-state index in [0.29, 0.717) is 0 Å². The molecule has 1 saturated heterocycles. The van der Waals surface area contributed by atoms with Gasteiger partial charge in [0.05, 0.1) is 13.7 Å². The van der Waals surface area contributed by atoms with Gasteiger partial charge in [-0.3, -0.25) is 4.79 Å². The number of aliphatic hydroxyl groups is 4. The number of aromatic hydroxyl groups is 3. The van der Waals surface area contributed by atoms with E-state index < -0.39 is 60.0 Å². The van der Waals surface area contributed by atoms with Gasteiger partial charge in [0, 0.05) is 23.8 Å². The Hall–Kier alpha value is -3.55. The van der Waals surface area contributed by atoms with Gasteiger partial charge in [0.1, 0.15) is 52.6 Å². The Kier molecular flexibility index (Phi) is 6.25. The first-order chi connectivity index (χ1) is 16.1. The van der Waals surface area contributed by atoms with E-state index in [-0.39, 0.29) is 33.8 Å². The van der Waals surface area contributed by atoms with Crippen molar-refractivity contribution in [3.63, 3.8) is 0 Å². The van der Waals surface area contributed by atoms with Crippen molar-refractivity contribution in [2.45, 2.75) is 30.7 Å². The fourth-order valence-corrected chi connectivity index (χ4v) is 3.64. The number of hydrogen-bond donors (Lipinski definition) is 7. The molecule has 2 heterocycles. The van der Waals surface area contributed by atoms with Gasteiger partial charge in [0.2, 0.25) is 12.0 Å². The van der Waals surface area contributed by atoms with Gasteiger partial charge in [0.15, 0.2) is 16.9 Å². The molecule has 12 nitrogen and oxygen atoms in total. The molecule has 0 radical (unpaired) electrons. The lowest BCUT2D eigenvalue weighted by molar-refractivity contribution is -0.277. The molecule has 1 aliphatic rings. The minimum atomic E-state index is -1.69. The van der Waals surface area contributed by atoms with Crippen LogP contribution in [0, 0.1) is 0 Å². The van der Waals surface area contributed by atoms with Gasteiger partial charge in [-0.2, -0.15) is 0 Å². The predicted octanol–water partition coefficient (Wildman–Crippen LogP) is -0.236. The monoisotopic (exact) mass is 478 g/mol. The summed E-state index contributed by atoms with van der Waals surface area (Å²) in [6.07, 6.45) is -7.68. The van der Waals surface area contributed by atoms with E-state index in [1.807, 2.05) is 0 Å². The number of phenolic OH excluding ortho intramolecular Hbond substituents is 3. The minimum absolute atomic E-state index is 0.0320. The Morgan fingerprint density at radius 3 is 2.35 bits per heavy atom. The van der Waals surface area contributed by atoms with E-state index in [4.69, 9.17) is 18.6 Å². The van der Waals surface area contributed by atoms with E-state index in [1.54, 1.807) is 0 Å². The van der Waals surface area contributed by atoms with Crippen LogP contribution in [0.25, 0.3) is 22.3 Å². The second kappa shape index (κ2) is 9.00. The van der Waals surface area contributed by atoms with Crippen LogP contribution in [0.4, 0.5) is 0 Å². The summed E-state index contributed by atoms with van der Waals surface area (Å²) in [6.45, 7) is -0.658. The van der Waals surface area contributed by atoms with E-state index in [0.717, 1.165) is 18.2 Å². The van der Waals surface area contributed by atoms with Crippen molar-refractivity contribution in [2.75, 3.05) is 13.7 Å². The number of aliphatic hydroxyl groups excluding tert-OH is 4. The number of fused-ring (bicyclic) bond motifs is 1. The number of hydrogen-bond acceptors (Lipinski definition) is 12. The molecular weight excluding hydrogens is 456 g/mol. The van der Waals surface area contributed by atoms with Crippen LogP contribution < -0.4 is 14.9 Å². The lowest BCUT2D eigenvalue weighted by Gasteiger charge is -2.39. The summed E-state index contributed by atoms with van der Waals surface area (Å²) in [6, 6.07) is 5.84. The molecule has 0 unspecified atom stereocenters. The van der Waals surface area contributed by atoms with Gasteiger partial charge < -0.3 is 54.4 Å². The Labute approximate surface area is 191 Å². The highest BCUT2D eigenvalue weighted by atomic mass is 16.7. The Balaban J connectivity index is 1.74. The summed E-state index contributed by atoms with van der Waals surface area (Å²) in [4.78, 5) is 12.7. The number of rotatable bonds is 5. The van der Waals surface area contributed by atoms with Crippen molar-refractivity contribution in [1.82, 2.24) is 0 Å². The molecule has 1 fully saturated rings. The van der Waals surface area contributed by atoms with Gasteiger partial charge in [-0.15, -0.1) is 0 Å². The van der Waals surface area contributed by atoms with Gasteiger partial charge in [-0.05, 0) is 12.1 Å². The summed E-state index contributed by atoms with van der Waals surface area (Å²) < 4.78 is 21.5. The smallest absolute Gasteiger partial charge is 0.229 e. The molecule has 0 saturated carbocycles. The number of methoxy groups -OCH3 is 1. The van der Waals surface area contributed by atoms with Crippen molar-refractivity contribution < 1.29 is 54.4 Å². The molecule has 12 heteroatoms. The maximum absolute atomic E-state index is 12.7. The standard InChI is InChI=1S/C22H22O12/c1-31-15-3-8(2-12(26)18(15)27)13-6-11(25)17-10(24)4-9(5-14(17)33-13)32-22-21(30)20(29)19(28)16(7-23)34-22/h2-6,16,19-24,26-30H,7H2,1H3/t16-,19+,20-,21+,22+/m0/s1. The molecular formula is C22H22O12. The molecule has 5 atom stereocenters. The van der Waals surface area contributed by atoms with Gasteiger partial charge in [0.25, 0.3) is 0 Å². The first-order valence-corrected chi connectivity index (χ1v) is 10.0. The molecule has 34 heavy (non-hydrogen) atoms. The molecule has 1 aromatic heterocycles. The topological polar surface area (TPSA) is 200 Å². The molecule has 3 aromatic rings. The molecule has 0 bridgehead atoms. The molecule has 0 spiro atoms. The Bertz CT molecular complexity index is 1270. The lowest BCUT2D eigenvalue weighted by atomic mass is 9.99. The predicted molar refractivity (Wildman–Crippen MR) is 114 cm³/mol. The average Bonchev–Trinajstić information content (AvgIpc) is 2.80. The summed E-state index contributed by atoms with van der Waals surface area (Å²) in [7, 11) is 1.27. The molecule has 1 aliphatic heterocycles. The molecule has 2 aromatic carbocycles. The minimum Gasteiger partial charge on any atom is -0.507 e. The number of benzene rings is 2. The maximum atomic E-state index is 12.7. The maximum Gasteiger partial charge on any atom is 0.229 e. The highest BCUT2D eigenvalue weighted by molar-refractivity contribution is 5.86. The zero-order chi connectivity index (χ0) is 24.7. The second-order valence-electron chi connectivity index (χ2n) is 7.65. The first-order valence-electron chi connectivity index (χ1n) is 10.0. The largest absolute Gasteiger partial charge is 0.507 e. The van der Waals surface area contributed by atoms with Crippen LogP contribution in [0.1, 0.15) is 0 Å². The van der Waals surface area contributed by atoms with Crippen molar-refractivity contribution in [3.8, 4) is 40.1 Å².